The first kappa shape index (κ1) is 17.4. The number of nitrogens with one attached hydrogen (secondary N) is 1. The van der Waals surface area contributed by atoms with Crippen molar-refractivity contribution in [3.63, 3.8) is 0 Å². The molecular weight excluding hydrogens is 256 g/mol. The maximum absolute atomic E-state index is 11.5. The third-order valence-electron chi connectivity index (χ3n) is 4.10. The van der Waals surface area contributed by atoms with Crippen LogP contribution in [0.25, 0.3) is 0 Å². The van der Waals surface area contributed by atoms with Gasteiger partial charge >= 0.3 is 5.97 Å². The van der Waals surface area contributed by atoms with Gasteiger partial charge < -0.3 is 20.1 Å². The van der Waals surface area contributed by atoms with E-state index in [2.05, 4.69) is 17.1 Å². The Bertz CT molecular complexity index is 293. The Morgan fingerprint density at radius 1 is 1.50 bits per heavy atom. The van der Waals surface area contributed by atoms with Crippen molar-refractivity contribution in [3.8, 4) is 0 Å². The normalized spacial score (nSPS) is 22.1. The molecular formula is C15H30N2O3. The third-order valence-corrected chi connectivity index (χ3v) is 4.10. The van der Waals surface area contributed by atoms with Crippen LogP contribution in [0.15, 0.2) is 0 Å². The van der Waals surface area contributed by atoms with Gasteiger partial charge in [0.1, 0.15) is 5.54 Å². The lowest BCUT2D eigenvalue weighted by atomic mass is 9.97. The fraction of sp³-hybridized carbons (Fsp3) is 0.933. The zero-order chi connectivity index (χ0) is 15.0. The predicted molar refractivity (Wildman–Crippen MR) is 80.0 cm³/mol. The van der Waals surface area contributed by atoms with Crippen molar-refractivity contribution in [3.05, 3.63) is 0 Å². The number of hydrogen-bond acceptors (Lipinski definition) is 4. The molecule has 2 atom stereocenters. The van der Waals surface area contributed by atoms with Gasteiger partial charge in [-0.2, -0.15) is 0 Å². The van der Waals surface area contributed by atoms with E-state index in [-0.39, 0.29) is 0 Å². The van der Waals surface area contributed by atoms with Crippen molar-refractivity contribution in [1.29, 1.82) is 0 Å². The summed E-state index contributed by atoms with van der Waals surface area (Å²) in [4.78, 5) is 13.8. The number of carboxylic acids is 1. The second kappa shape index (κ2) is 8.60. The minimum absolute atomic E-state index is 0.328. The highest BCUT2D eigenvalue weighted by Gasteiger charge is 2.32. The molecule has 2 N–H and O–H groups in total. The van der Waals surface area contributed by atoms with Crippen molar-refractivity contribution in [2.75, 3.05) is 32.8 Å². The molecule has 0 aliphatic carbocycles. The van der Waals surface area contributed by atoms with E-state index in [1.54, 1.807) is 6.92 Å². The highest BCUT2D eigenvalue weighted by Crippen LogP contribution is 2.16. The van der Waals surface area contributed by atoms with Crippen LogP contribution in [-0.2, 0) is 9.53 Å². The molecule has 0 aromatic heterocycles. The van der Waals surface area contributed by atoms with Gasteiger partial charge in [0.25, 0.3) is 0 Å². The maximum Gasteiger partial charge on any atom is 0.323 e. The van der Waals surface area contributed by atoms with Crippen LogP contribution in [0.2, 0.25) is 0 Å². The minimum atomic E-state index is -0.833. The zero-order valence-electron chi connectivity index (χ0n) is 13.2. The van der Waals surface area contributed by atoms with Gasteiger partial charge in [0.05, 0.1) is 6.10 Å². The average Bonchev–Trinajstić information content (AvgIpc) is 2.93. The molecule has 1 heterocycles. The van der Waals surface area contributed by atoms with Crippen LogP contribution in [0.1, 0.15) is 46.5 Å². The van der Waals surface area contributed by atoms with Gasteiger partial charge in [0.2, 0.25) is 0 Å². The molecule has 1 aliphatic heterocycles. The van der Waals surface area contributed by atoms with E-state index in [1.807, 2.05) is 6.92 Å². The molecule has 0 amide bonds. The van der Waals surface area contributed by atoms with Gasteiger partial charge in [0.15, 0.2) is 0 Å². The van der Waals surface area contributed by atoms with Crippen LogP contribution in [0, 0.1) is 0 Å². The Morgan fingerprint density at radius 3 is 2.75 bits per heavy atom. The SMILES string of the molecule is CCCNC(C)(CCN(CC)CC1CCCO1)C(=O)O. The Balaban J connectivity index is 2.44. The lowest BCUT2D eigenvalue weighted by molar-refractivity contribution is -0.144. The molecule has 0 aromatic rings. The molecule has 0 spiro atoms. The summed E-state index contributed by atoms with van der Waals surface area (Å²) in [5.41, 5.74) is -0.833. The van der Waals surface area contributed by atoms with Crippen molar-refractivity contribution in [2.24, 2.45) is 0 Å². The summed E-state index contributed by atoms with van der Waals surface area (Å²) in [7, 11) is 0. The van der Waals surface area contributed by atoms with E-state index < -0.39 is 11.5 Å². The second-order valence-corrected chi connectivity index (χ2v) is 5.84. The minimum Gasteiger partial charge on any atom is -0.480 e. The van der Waals surface area contributed by atoms with E-state index in [0.29, 0.717) is 12.5 Å². The van der Waals surface area contributed by atoms with Gasteiger partial charge in [-0.05, 0) is 45.7 Å². The molecule has 20 heavy (non-hydrogen) atoms. The van der Waals surface area contributed by atoms with Crippen LogP contribution in [-0.4, -0.2) is 60.4 Å². The number of ether oxygens (including phenoxy) is 1. The van der Waals surface area contributed by atoms with Crippen LogP contribution >= 0.6 is 0 Å². The number of aliphatic carboxylic acids is 1. The van der Waals surface area contributed by atoms with Gasteiger partial charge in [-0.15, -0.1) is 0 Å². The molecule has 0 aromatic carbocycles. The molecule has 5 heteroatoms. The van der Waals surface area contributed by atoms with Crippen LogP contribution in [0.4, 0.5) is 0 Å². The predicted octanol–water partition coefficient (Wildman–Crippen LogP) is 1.72. The van der Waals surface area contributed by atoms with E-state index in [1.165, 1.54) is 0 Å². The van der Waals surface area contributed by atoms with E-state index in [9.17, 15) is 9.90 Å². The summed E-state index contributed by atoms with van der Waals surface area (Å²) >= 11 is 0. The Morgan fingerprint density at radius 2 is 2.25 bits per heavy atom. The Kier molecular flexibility index (Phi) is 7.48. The first-order chi connectivity index (χ1) is 9.51. The Hall–Kier alpha value is -0.650. The number of hydrogen-bond donors (Lipinski definition) is 2. The standard InChI is InChI=1S/C15H30N2O3/c1-4-9-16-15(3,14(18)19)8-10-17(5-2)12-13-7-6-11-20-13/h13,16H,4-12H2,1-3H3,(H,18,19). The average molecular weight is 286 g/mol. The van der Waals surface area contributed by atoms with Crippen molar-refractivity contribution in [2.45, 2.75) is 58.1 Å². The van der Waals surface area contributed by atoms with Crippen molar-refractivity contribution < 1.29 is 14.6 Å². The molecule has 0 bridgehead atoms. The topological polar surface area (TPSA) is 61.8 Å². The summed E-state index contributed by atoms with van der Waals surface area (Å²) in [6.45, 7) is 10.2. The highest BCUT2D eigenvalue weighted by atomic mass is 16.5. The largest absolute Gasteiger partial charge is 0.480 e. The number of rotatable bonds is 10. The number of likely N-dealkylation sites (N-methyl/N-ethyl adjacent to an activating group) is 1. The molecule has 118 valence electrons. The Labute approximate surface area is 122 Å². The summed E-state index contributed by atoms with van der Waals surface area (Å²) in [5, 5.41) is 12.6. The summed E-state index contributed by atoms with van der Waals surface area (Å²) in [6, 6.07) is 0. The van der Waals surface area contributed by atoms with E-state index in [4.69, 9.17) is 4.74 Å². The van der Waals surface area contributed by atoms with Crippen molar-refractivity contribution >= 4 is 5.97 Å². The quantitative estimate of drug-likeness (QED) is 0.640. The second-order valence-electron chi connectivity index (χ2n) is 5.84. The van der Waals surface area contributed by atoms with Gasteiger partial charge in [-0.25, -0.2) is 0 Å². The summed E-state index contributed by atoms with van der Waals surface area (Å²) < 4.78 is 5.66. The van der Waals surface area contributed by atoms with Gasteiger partial charge in [-0.3, -0.25) is 4.79 Å². The number of carbonyl (C=O) groups is 1. The molecule has 1 saturated heterocycles. The number of carboxylic acid groups (broad SMARTS) is 1. The first-order valence-electron chi connectivity index (χ1n) is 7.84. The molecule has 5 nitrogen and oxygen atoms in total. The fourth-order valence-corrected chi connectivity index (χ4v) is 2.51. The van der Waals surface area contributed by atoms with E-state index >= 15 is 0 Å². The molecule has 2 unspecified atom stereocenters. The van der Waals surface area contributed by atoms with Crippen LogP contribution < -0.4 is 5.32 Å². The molecule has 1 rings (SSSR count). The van der Waals surface area contributed by atoms with Gasteiger partial charge in [-0.1, -0.05) is 13.8 Å². The molecule has 0 saturated carbocycles. The lowest BCUT2D eigenvalue weighted by Gasteiger charge is -2.30. The van der Waals surface area contributed by atoms with Crippen LogP contribution in [0.3, 0.4) is 0 Å². The summed E-state index contributed by atoms with van der Waals surface area (Å²) in [5.74, 6) is -0.765. The zero-order valence-corrected chi connectivity index (χ0v) is 13.2. The molecule has 1 aliphatic rings. The summed E-state index contributed by atoms with van der Waals surface area (Å²) in [6.07, 6.45) is 4.15. The first-order valence-corrected chi connectivity index (χ1v) is 7.84. The van der Waals surface area contributed by atoms with Crippen LogP contribution in [0.5, 0.6) is 0 Å². The van der Waals surface area contributed by atoms with Gasteiger partial charge in [0, 0.05) is 19.7 Å². The third kappa shape index (κ3) is 5.38. The monoisotopic (exact) mass is 286 g/mol. The van der Waals surface area contributed by atoms with Crippen molar-refractivity contribution in [1.82, 2.24) is 10.2 Å². The smallest absolute Gasteiger partial charge is 0.323 e. The number of nitrogens with zero attached hydrogens (tertiary/aromatic N) is 1. The lowest BCUT2D eigenvalue weighted by Crippen LogP contribution is -2.52. The fourth-order valence-electron chi connectivity index (χ4n) is 2.51. The molecule has 1 fully saturated rings. The van der Waals surface area contributed by atoms with E-state index in [0.717, 1.165) is 52.0 Å². The highest BCUT2D eigenvalue weighted by molar-refractivity contribution is 5.78. The maximum atomic E-state index is 11.5. The molecule has 0 radical (unpaired) electrons.